The predicted molar refractivity (Wildman–Crippen MR) is 99.4 cm³/mol. The Bertz CT molecular complexity index is 877. The van der Waals surface area contributed by atoms with Crippen molar-refractivity contribution in [3.63, 3.8) is 0 Å². The number of hydrogen-bond donors (Lipinski definition) is 2. The first kappa shape index (κ1) is 19.7. The fraction of sp³-hybridized carbons (Fsp3) is 0.278. The highest BCUT2D eigenvalue weighted by molar-refractivity contribution is 7.89. The summed E-state index contributed by atoms with van der Waals surface area (Å²) in [6, 6.07) is 10.7. The number of anilines is 1. The van der Waals surface area contributed by atoms with Crippen molar-refractivity contribution in [1.82, 2.24) is 4.72 Å². The lowest BCUT2D eigenvalue weighted by molar-refractivity contribution is 0.102. The minimum Gasteiger partial charge on any atom is -0.493 e. The van der Waals surface area contributed by atoms with Crippen LogP contribution in [0.5, 0.6) is 11.5 Å². The monoisotopic (exact) mass is 378 g/mol. The maximum Gasteiger partial charge on any atom is 0.259 e. The number of hydrogen-bond acceptors (Lipinski definition) is 5. The van der Waals surface area contributed by atoms with E-state index in [0.29, 0.717) is 22.7 Å². The molecule has 0 atom stereocenters. The van der Waals surface area contributed by atoms with Gasteiger partial charge in [-0.1, -0.05) is 6.07 Å². The van der Waals surface area contributed by atoms with Gasteiger partial charge in [0.2, 0.25) is 10.0 Å². The van der Waals surface area contributed by atoms with Crippen LogP contribution < -0.4 is 19.5 Å². The highest BCUT2D eigenvalue weighted by atomic mass is 32.2. The number of carbonyl (C=O) groups excluding carboxylic acids is 1. The standard InChI is InChI=1S/C18H22N2O5S/c1-12(2)20-26(22,23)14-10-8-13(9-11-14)19-18(21)15-6-5-7-16(24-3)17(15)25-4/h5-12,20H,1-4H3,(H,19,21). The van der Waals surface area contributed by atoms with Gasteiger partial charge in [-0.05, 0) is 50.2 Å². The van der Waals surface area contributed by atoms with Gasteiger partial charge < -0.3 is 14.8 Å². The maximum atomic E-state index is 12.5. The molecule has 0 radical (unpaired) electrons. The zero-order chi connectivity index (χ0) is 19.3. The smallest absolute Gasteiger partial charge is 0.259 e. The zero-order valence-corrected chi connectivity index (χ0v) is 15.9. The highest BCUT2D eigenvalue weighted by Crippen LogP contribution is 2.31. The van der Waals surface area contributed by atoms with Gasteiger partial charge in [-0.15, -0.1) is 0 Å². The Labute approximate surface area is 153 Å². The molecule has 0 aliphatic rings. The molecule has 0 aromatic heterocycles. The van der Waals surface area contributed by atoms with Crippen LogP contribution in [-0.2, 0) is 10.0 Å². The number of rotatable bonds is 7. The average molecular weight is 378 g/mol. The molecule has 2 rings (SSSR count). The van der Waals surface area contributed by atoms with Gasteiger partial charge in [0.25, 0.3) is 5.91 Å². The van der Waals surface area contributed by atoms with Crippen LogP contribution in [0.1, 0.15) is 24.2 Å². The van der Waals surface area contributed by atoms with Crippen molar-refractivity contribution in [2.75, 3.05) is 19.5 Å². The van der Waals surface area contributed by atoms with Gasteiger partial charge in [-0.25, -0.2) is 13.1 Å². The normalized spacial score (nSPS) is 11.3. The Morgan fingerprint density at radius 3 is 2.19 bits per heavy atom. The van der Waals surface area contributed by atoms with Crippen molar-refractivity contribution in [3.8, 4) is 11.5 Å². The van der Waals surface area contributed by atoms with E-state index in [2.05, 4.69) is 10.0 Å². The van der Waals surface area contributed by atoms with E-state index in [-0.39, 0.29) is 10.9 Å². The highest BCUT2D eigenvalue weighted by Gasteiger charge is 2.18. The molecule has 8 heteroatoms. The van der Waals surface area contributed by atoms with Crippen molar-refractivity contribution in [2.24, 2.45) is 0 Å². The molecule has 2 N–H and O–H groups in total. The van der Waals surface area contributed by atoms with Crippen molar-refractivity contribution in [3.05, 3.63) is 48.0 Å². The lowest BCUT2D eigenvalue weighted by atomic mass is 10.1. The van der Waals surface area contributed by atoms with Crippen molar-refractivity contribution < 1.29 is 22.7 Å². The maximum absolute atomic E-state index is 12.5. The van der Waals surface area contributed by atoms with E-state index in [1.54, 1.807) is 32.0 Å². The second-order valence-electron chi connectivity index (χ2n) is 5.80. The third kappa shape index (κ3) is 4.53. The summed E-state index contributed by atoms with van der Waals surface area (Å²) in [5.41, 5.74) is 0.772. The molecule has 0 saturated heterocycles. The van der Waals surface area contributed by atoms with Gasteiger partial charge in [-0.3, -0.25) is 4.79 Å². The molecule has 0 heterocycles. The summed E-state index contributed by atoms with van der Waals surface area (Å²) < 4.78 is 37.2. The molecular formula is C18H22N2O5S. The minimum atomic E-state index is -3.58. The summed E-state index contributed by atoms with van der Waals surface area (Å²) in [4.78, 5) is 12.6. The number of amides is 1. The van der Waals surface area contributed by atoms with Crippen LogP contribution in [0.25, 0.3) is 0 Å². The Kier molecular flexibility index (Phi) is 6.23. The number of carbonyl (C=O) groups is 1. The molecule has 0 saturated carbocycles. The molecule has 140 valence electrons. The third-order valence-corrected chi connectivity index (χ3v) is 5.14. The molecule has 1 amide bonds. The Balaban J connectivity index is 2.21. The van der Waals surface area contributed by atoms with Gasteiger partial charge in [-0.2, -0.15) is 0 Å². The van der Waals surface area contributed by atoms with Crippen LogP contribution >= 0.6 is 0 Å². The fourth-order valence-corrected chi connectivity index (χ4v) is 3.61. The second-order valence-corrected chi connectivity index (χ2v) is 7.51. The first-order chi connectivity index (χ1) is 12.3. The SMILES string of the molecule is COc1cccc(C(=O)Nc2ccc(S(=O)(=O)NC(C)C)cc2)c1OC. The largest absolute Gasteiger partial charge is 0.493 e. The van der Waals surface area contributed by atoms with Crippen LogP contribution in [0.15, 0.2) is 47.4 Å². The molecule has 2 aromatic rings. The second kappa shape index (κ2) is 8.20. The van der Waals surface area contributed by atoms with Crippen LogP contribution in [-0.4, -0.2) is 34.6 Å². The van der Waals surface area contributed by atoms with Crippen molar-refractivity contribution in [2.45, 2.75) is 24.8 Å². The quantitative estimate of drug-likeness (QED) is 0.772. The van der Waals surface area contributed by atoms with Crippen LogP contribution in [0.3, 0.4) is 0 Å². The molecule has 26 heavy (non-hydrogen) atoms. The molecule has 7 nitrogen and oxygen atoms in total. The molecule has 2 aromatic carbocycles. The van der Waals surface area contributed by atoms with E-state index in [0.717, 1.165) is 0 Å². The summed E-state index contributed by atoms with van der Waals surface area (Å²) in [5, 5.41) is 2.71. The Hall–Kier alpha value is -2.58. The van der Waals surface area contributed by atoms with Crippen LogP contribution in [0.2, 0.25) is 0 Å². The van der Waals surface area contributed by atoms with E-state index in [1.807, 2.05) is 0 Å². The molecule has 0 spiro atoms. The van der Waals surface area contributed by atoms with Gasteiger partial charge in [0.15, 0.2) is 11.5 Å². The zero-order valence-electron chi connectivity index (χ0n) is 15.1. The van der Waals surface area contributed by atoms with E-state index >= 15 is 0 Å². The molecule has 0 aliphatic carbocycles. The summed E-state index contributed by atoms with van der Waals surface area (Å²) >= 11 is 0. The predicted octanol–water partition coefficient (Wildman–Crippen LogP) is 2.64. The minimum absolute atomic E-state index is 0.128. The van der Waals surface area contributed by atoms with Crippen molar-refractivity contribution in [1.29, 1.82) is 0 Å². The summed E-state index contributed by atoms with van der Waals surface area (Å²) in [5.74, 6) is 0.380. The first-order valence-corrected chi connectivity index (χ1v) is 9.41. The lowest BCUT2D eigenvalue weighted by Gasteiger charge is -2.13. The number of sulfonamides is 1. The summed E-state index contributed by atoms with van der Waals surface area (Å²) in [6.45, 7) is 3.49. The molecule has 0 unspecified atom stereocenters. The number of nitrogens with one attached hydrogen (secondary N) is 2. The van der Waals surface area contributed by atoms with E-state index in [4.69, 9.17) is 9.47 Å². The third-order valence-electron chi connectivity index (χ3n) is 3.46. The fourth-order valence-electron chi connectivity index (χ4n) is 2.36. The number of ether oxygens (including phenoxy) is 2. The number of para-hydroxylation sites is 1. The molecular weight excluding hydrogens is 356 g/mol. The van der Waals surface area contributed by atoms with E-state index in [9.17, 15) is 13.2 Å². The first-order valence-electron chi connectivity index (χ1n) is 7.93. The average Bonchev–Trinajstić information content (AvgIpc) is 2.60. The van der Waals surface area contributed by atoms with Gasteiger partial charge in [0, 0.05) is 11.7 Å². The van der Waals surface area contributed by atoms with Gasteiger partial charge >= 0.3 is 0 Å². The Morgan fingerprint density at radius 1 is 1.00 bits per heavy atom. The molecule has 0 fully saturated rings. The number of methoxy groups -OCH3 is 2. The molecule has 0 bridgehead atoms. The topological polar surface area (TPSA) is 93.7 Å². The Morgan fingerprint density at radius 2 is 1.65 bits per heavy atom. The van der Waals surface area contributed by atoms with Crippen LogP contribution in [0.4, 0.5) is 5.69 Å². The van der Waals surface area contributed by atoms with Gasteiger partial charge in [0.05, 0.1) is 24.7 Å². The lowest BCUT2D eigenvalue weighted by Crippen LogP contribution is -2.30. The van der Waals surface area contributed by atoms with Gasteiger partial charge in [0.1, 0.15) is 0 Å². The van der Waals surface area contributed by atoms with E-state index < -0.39 is 15.9 Å². The van der Waals surface area contributed by atoms with E-state index in [1.165, 1.54) is 38.5 Å². The summed E-state index contributed by atoms with van der Waals surface area (Å²) in [7, 11) is -0.631. The van der Waals surface area contributed by atoms with Crippen molar-refractivity contribution >= 4 is 21.6 Å². The van der Waals surface area contributed by atoms with Crippen LogP contribution in [0, 0.1) is 0 Å². The molecule has 0 aliphatic heterocycles. The summed E-state index contributed by atoms with van der Waals surface area (Å²) in [6.07, 6.45) is 0. The number of benzene rings is 2.